The van der Waals surface area contributed by atoms with E-state index in [4.69, 9.17) is 24.6 Å². The molecule has 5 aromatic rings. The third-order valence-corrected chi connectivity index (χ3v) is 8.62. The molecular formula is C37H37N7O2. The van der Waals surface area contributed by atoms with E-state index < -0.39 is 0 Å². The van der Waals surface area contributed by atoms with Gasteiger partial charge in [0.25, 0.3) is 0 Å². The minimum absolute atomic E-state index is 0.279. The Morgan fingerprint density at radius 3 is 2.24 bits per heavy atom. The third-order valence-electron chi connectivity index (χ3n) is 8.62. The van der Waals surface area contributed by atoms with Crippen LogP contribution < -0.4 is 24.6 Å². The highest BCUT2D eigenvalue weighted by Gasteiger charge is 2.41. The normalized spacial score (nSPS) is 14.8. The highest BCUT2D eigenvalue weighted by Crippen LogP contribution is 2.49. The molecule has 232 valence electrons. The molecule has 9 nitrogen and oxygen atoms in total. The number of nitrogens with one attached hydrogen (secondary N) is 1. The first-order chi connectivity index (χ1) is 22.5. The lowest BCUT2D eigenvalue weighted by Crippen LogP contribution is -2.46. The summed E-state index contributed by atoms with van der Waals surface area (Å²) in [7, 11) is 3.31. The number of aromatic nitrogens is 2. The van der Waals surface area contributed by atoms with Gasteiger partial charge in [-0.1, -0.05) is 36.4 Å². The molecule has 9 heteroatoms. The first-order valence-electron chi connectivity index (χ1n) is 15.6. The van der Waals surface area contributed by atoms with Crippen molar-refractivity contribution in [1.82, 2.24) is 9.78 Å². The second-order valence-electron chi connectivity index (χ2n) is 11.2. The molecule has 2 aliphatic rings. The minimum atomic E-state index is -0.279. The molecular weight excluding hydrogens is 574 g/mol. The van der Waals surface area contributed by atoms with Crippen molar-refractivity contribution in [2.24, 2.45) is 9.98 Å². The Hall–Kier alpha value is -5.57. The summed E-state index contributed by atoms with van der Waals surface area (Å²) in [6.07, 6.45) is 0. The number of hydrogen-bond acceptors (Lipinski definition) is 8. The van der Waals surface area contributed by atoms with Gasteiger partial charge in [0.2, 0.25) is 0 Å². The summed E-state index contributed by atoms with van der Waals surface area (Å²) < 4.78 is 13.3. The first-order valence-corrected chi connectivity index (χ1v) is 15.6. The molecule has 1 atom stereocenters. The molecule has 0 amide bonds. The fraction of sp³-hybridized carbons (Fsp3) is 0.216. The fourth-order valence-electron chi connectivity index (χ4n) is 6.37. The van der Waals surface area contributed by atoms with E-state index in [9.17, 15) is 0 Å². The molecule has 3 heterocycles. The van der Waals surface area contributed by atoms with Crippen molar-refractivity contribution < 1.29 is 9.47 Å². The highest BCUT2D eigenvalue weighted by atomic mass is 16.5. The smallest absolute Gasteiger partial charge is 0.179 e. The lowest BCUT2D eigenvalue weighted by molar-refractivity contribution is 0.354. The number of hydrogen-bond donors (Lipinski definition) is 1. The first kappa shape index (κ1) is 29.2. The van der Waals surface area contributed by atoms with Crippen molar-refractivity contribution in [2.45, 2.75) is 26.8 Å². The zero-order chi connectivity index (χ0) is 31.8. The molecule has 1 N–H and O–H groups in total. The second-order valence-corrected chi connectivity index (χ2v) is 11.2. The van der Waals surface area contributed by atoms with Crippen molar-refractivity contribution in [2.75, 3.05) is 42.4 Å². The number of ether oxygens (including phenoxy) is 2. The summed E-state index contributed by atoms with van der Waals surface area (Å²) in [6.45, 7) is 8.29. The van der Waals surface area contributed by atoms with Gasteiger partial charge >= 0.3 is 0 Å². The number of anilines is 3. The molecule has 0 radical (unpaired) electrons. The van der Waals surface area contributed by atoms with Gasteiger partial charge in [-0.2, -0.15) is 5.10 Å². The number of aliphatic imine (C=N–C) groups is 2. The number of para-hydroxylation sites is 3. The number of nitrogens with zero attached hydrogens (tertiary/aromatic N) is 6. The molecule has 0 saturated heterocycles. The summed E-state index contributed by atoms with van der Waals surface area (Å²) in [5.74, 6) is 3.45. The zero-order valence-corrected chi connectivity index (χ0v) is 26.7. The van der Waals surface area contributed by atoms with E-state index in [1.165, 1.54) is 5.69 Å². The maximum atomic E-state index is 5.77. The topological polar surface area (TPSA) is 79.5 Å². The van der Waals surface area contributed by atoms with Crippen LogP contribution in [-0.4, -0.2) is 48.8 Å². The molecule has 2 aliphatic heterocycles. The number of amidine groups is 2. The lowest BCUT2D eigenvalue weighted by Gasteiger charge is -2.40. The monoisotopic (exact) mass is 611 g/mol. The summed E-state index contributed by atoms with van der Waals surface area (Å²) in [5, 5.41) is 8.66. The van der Waals surface area contributed by atoms with E-state index in [0.717, 1.165) is 58.5 Å². The highest BCUT2D eigenvalue weighted by molar-refractivity contribution is 6.51. The van der Waals surface area contributed by atoms with E-state index >= 15 is 0 Å². The van der Waals surface area contributed by atoms with Crippen molar-refractivity contribution in [1.29, 1.82) is 0 Å². The van der Waals surface area contributed by atoms with Gasteiger partial charge in [-0.25, -0.2) is 14.7 Å². The predicted molar refractivity (Wildman–Crippen MR) is 186 cm³/mol. The zero-order valence-electron chi connectivity index (χ0n) is 26.7. The number of benzene rings is 4. The van der Waals surface area contributed by atoms with Gasteiger partial charge < -0.3 is 24.6 Å². The standard InChI is InChI=1S/C37H37N7O2/c1-6-42(7-2)27-20-18-26(19-21-27)38-35-37-40-36-33(24(3)41-44(36)28-13-9-8-10-14-28)34(25-17-22-31(45-4)32(23-25)46-5)43(37)30-16-12-11-15-29(30)39-35/h8-23,34H,6-7H2,1-5H3,(H,38,39). The molecule has 0 fully saturated rings. The minimum Gasteiger partial charge on any atom is -0.493 e. The molecule has 1 aromatic heterocycles. The Kier molecular flexibility index (Phi) is 7.66. The van der Waals surface area contributed by atoms with E-state index in [0.29, 0.717) is 23.2 Å². The van der Waals surface area contributed by atoms with E-state index in [-0.39, 0.29) is 6.04 Å². The van der Waals surface area contributed by atoms with Crippen LogP contribution in [0.5, 0.6) is 11.5 Å². The van der Waals surface area contributed by atoms with E-state index in [1.54, 1.807) is 14.2 Å². The van der Waals surface area contributed by atoms with Gasteiger partial charge in [0.1, 0.15) is 0 Å². The quantitative estimate of drug-likeness (QED) is 0.193. The average Bonchev–Trinajstić information content (AvgIpc) is 3.44. The van der Waals surface area contributed by atoms with Crippen LogP contribution in [0.2, 0.25) is 0 Å². The van der Waals surface area contributed by atoms with Crippen LogP contribution in [0.3, 0.4) is 0 Å². The van der Waals surface area contributed by atoms with Crippen LogP contribution in [0, 0.1) is 6.92 Å². The van der Waals surface area contributed by atoms with Crippen LogP contribution in [-0.2, 0) is 0 Å². The molecule has 0 spiro atoms. The lowest BCUT2D eigenvalue weighted by atomic mass is 9.93. The number of fused-ring (bicyclic) bond motifs is 4. The van der Waals surface area contributed by atoms with Gasteiger partial charge in [-0.05, 0) is 87.0 Å². The molecule has 1 unspecified atom stereocenters. The van der Waals surface area contributed by atoms with Gasteiger partial charge in [-0.15, -0.1) is 0 Å². The number of rotatable bonds is 8. The molecule has 46 heavy (non-hydrogen) atoms. The van der Waals surface area contributed by atoms with Crippen molar-refractivity contribution >= 4 is 40.2 Å². The van der Waals surface area contributed by atoms with Gasteiger partial charge in [0.05, 0.1) is 43.0 Å². The molecule has 0 saturated carbocycles. The van der Waals surface area contributed by atoms with Crippen LogP contribution in [0.1, 0.15) is 36.7 Å². The van der Waals surface area contributed by atoms with Gasteiger partial charge in [0, 0.05) is 30.0 Å². The molecule has 7 rings (SSSR count). The number of methoxy groups -OCH3 is 2. The van der Waals surface area contributed by atoms with Crippen LogP contribution in [0.15, 0.2) is 107 Å². The summed E-state index contributed by atoms with van der Waals surface area (Å²) in [5.41, 5.74) is 7.78. The maximum Gasteiger partial charge on any atom is 0.179 e. The predicted octanol–water partition coefficient (Wildman–Crippen LogP) is 7.84. The molecule has 0 bridgehead atoms. The summed E-state index contributed by atoms with van der Waals surface area (Å²) >= 11 is 0. The third kappa shape index (κ3) is 4.94. The van der Waals surface area contributed by atoms with Gasteiger partial charge in [-0.3, -0.25) is 0 Å². The maximum absolute atomic E-state index is 5.77. The van der Waals surface area contributed by atoms with Crippen LogP contribution in [0.4, 0.5) is 28.6 Å². The Balaban J connectivity index is 1.43. The van der Waals surface area contributed by atoms with Crippen molar-refractivity contribution in [3.05, 3.63) is 114 Å². The largest absolute Gasteiger partial charge is 0.493 e. The van der Waals surface area contributed by atoms with E-state index in [2.05, 4.69) is 65.4 Å². The van der Waals surface area contributed by atoms with Crippen molar-refractivity contribution in [3.63, 3.8) is 0 Å². The number of aryl methyl sites for hydroxylation is 1. The molecule has 0 aliphatic carbocycles. The van der Waals surface area contributed by atoms with Crippen LogP contribution in [0.25, 0.3) is 5.69 Å². The average molecular weight is 612 g/mol. The second kappa shape index (κ2) is 12.1. The Morgan fingerprint density at radius 2 is 1.52 bits per heavy atom. The van der Waals surface area contributed by atoms with Gasteiger partial charge in [0.15, 0.2) is 29.0 Å². The van der Waals surface area contributed by atoms with E-state index in [1.807, 2.05) is 72.3 Å². The Morgan fingerprint density at radius 1 is 0.804 bits per heavy atom. The SMILES string of the molecule is CCN(CC)c1ccc(NC2=Nc3ccccc3N3C2=Nc2c(c(C)nn2-c2ccccc2)C3c2ccc(OC)c(OC)c2)cc1. The Labute approximate surface area is 269 Å². The van der Waals surface area contributed by atoms with Crippen molar-refractivity contribution in [3.8, 4) is 17.2 Å². The summed E-state index contributed by atoms with van der Waals surface area (Å²) in [4.78, 5) is 15.1. The van der Waals surface area contributed by atoms with Crippen LogP contribution >= 0.6 is 0 Å². The molecule has 4 aromatic carbocycles. The Bertz CT molecular complexity index is 1940. The fourth-order valence-corrected chi connectivity index (χ4v) is 6.37. The summed E-state index contributed by atoms with van der Waals surface area (Å²) in [6, 6.07) is 32.6.